The van der Waals surface area contributed by atoms with Crippen molar-refractivity contribution < 1.29 is 10.9 Å². The van der Waals surface area contributed by atoms with Crippen LogP contribution in [0.25, 0.3) is 44.5 Å². The summed E-state index contributed by atoms with van der Waals surface area (Å²) in [5, 5.41) is 0. The molecule has 0 fully saturated rings. The van der Waals surface area contributed by atoms with Gasteiger partial charge in [0.1, 0.15) is 0 Å². The molecule has 0 unspecified atom stereocenters. The van der Waals surface area contributed by atoms with Gasteiger partial charge in [0.05, 0.1) is 22.8 Å². The molecule has 6 aromatic rings. The van der Waals surface area contributed by atoms with Crippen molar-refractivity contribution in [2.24, 2.45) is 9.98 Å². The van der Waals surface area contributed by atoms with Crippen molar-refractivity contribution >= 4 is 51.2 Å². The van der Waals surface area contributed by atoms with Crippen LogP contribution in [0.5, 0.6) is 0 Å². The molecule has 0 aromatic heterocycles. The number of aryl methyl sites for hydroxylation is 2. The molecule has 2 nitrogen and oxygen atoms in total. The molecule has 0 amide bonds. The second-order valence-corrected chi connectivity index (χ2v) is 16.3. The minimum absolute atomic E-state index is 0.877. The van der Waals surface area contributed by atoms with Crippen LogP contribution in [0.3, 0.4) is 0 Å². The van der Waals surface area contributed by atoms with Crippen LogP contribution in [-0.4, -0.2) is 11.4 Å². The van der Waals surface area contributed by atoms with Crippen LogP contribution >= 0.6 is 28.5 Å². The number of hydrogen-bond acceptors (Lipinski definition) is 2. The van der Waals surface area contributed by atoms with Crippen molar-refractivity contribution in [1.29, 1.82) is 0 Å². The van der Waals surface area contributed by atoms with Crippen molar-refractivity contribution in [3.8, 4) is 44.5 Å². The Morgan fingerprint density at radius 3 is 0.851 bits per heavy atom. The molecule has 0 saturated heterocycles. The average Bonchev–Trinajstić information content (AvgIpc) is 3.11. The van der Waals surface area contributed by atoms with E-state index in [0.717, 1.165) is 67.3 Å². The first kappa shape index (κ1) is 34.4. The standard InChI is InChI=1S/C42H36N2.2BrH.Ni/c1-29-25-37(33-17-9-5-10-18-33)41(38(26-29)34-19-11-6-12-20-34)43-31(3)32(4)44-42-39(35-21-13-7-14-22-35)27-30(2)28-40(42)36-23-15-8-16-24-36;;;/h5-28H,1-4H3;2*1H;/q;;;+2/p-2. The monoisotopic (exact) mass is 784 g/mol. The van der Waals surface area contributed by atoms with E-state index >= 15 is 0 Å². The van der Waals surface area contributed by atoms with Gasteiger partial charge in [-0.3, -0.25) is 9.98 Å². The van der Waals surface area contributed by atoms with E-state index in [-0.39, 0.29) is 0 Å². The fourth-order valence-corrected chi connectivity index (χ4v) is 5.65. The molecule has 0 aliphatic heterocycles. The fraction of sp³-hybridized carbons (Fsp3) is 0.0952. The molecule has 0 N–H and O–H groups in total. The Morgan fingerprint density at radius 1 is 0.426 bits per heavy atom. The maximum absolute atomic E-state index is 5.36. The zero-order valence-corrected chi connectivity index (χ0v) is 31.0. The molecule has 0 heterocycles. The number of aliphatic imine (C=N–C) groups is 2. The SMILES string of the molecule is CC(=Nc1c(-c2ccccc2)cc(C)cc1-c1ccccc1)C(C)=Nc1c(-c2ccccc2)cc(C)cc1-c1ccccc1.[Br][Ni][Br]. The van der Waals surface area contributed by atoms with Gasteiger partial charge < -0.3 is 0 Å². The molecule has 6 aromatic carbocycles. The Kier molecular flexibility index (Phi) is 12.3. The van der Waals surface area contributed by atoms with E-state index in [4.69, 9.17) is 9.98 Å². The molecule has 0 saturated carbocycles. The zero-order valence-electron chi connectivity index (χ0n) is 26.8. The average molecular weight is 787 g/mol. The van der Waals surface area contributed by atoms with Gasteiger partial charge in [-0.05, 0) is 85.3 Å². The summed E-state index contributed by atoms with van der Waals surface area (Å²) in [4.78, 5) is 10.7. The summed E-state index contributed by atoms with van der Waals surface area (Å²) in [5.41, 5.74) is 15.1. The van der Waals surface area contributed by atoms with Crippen LogP contribution in [0.4, 0.5) is 11.4 Å². The first-order chi connectivity index (χ1) is 22.9. The van der Waals surface area contributed by atoms with E-state index in [1.165, 1.54) is 22.0 Å². The molecular formula is C42H36Br2N2Ni. The minimum atomic E-state index is 0.877. The van der Waals surface area contributed by atoms with Crippen LogP contribution in [0.1, 0.15) is 25.0 Å². The molecule has 5 heteroatoms. The Morgan fingerprint density at radius 2 is 0.638 bits per heavy atom. The Bertz CT molecular complexity index is 1720. The third-order valence-corrected chi connectivity index (χ3v) is 7.93. The molecule has 0 spiro atoms. The molecule has 0 bridgehead atoms. The first-order valence-corrected chi connectivity index (χ1v) is 20.2. The van der Waals surface area contributed by atoms with Gasteiger partial charge >= 0.3 is 39.3 Å². The van der Waals surface area contributed by atoms with Crippen molar-refractivity contribution in [1.82, 2.24) is 0 Å². The van der Waals surface area contributed by atoms with Crippen LogP contribution < -0.4 is 0 Å². The van der Waals surface area contributed by atoms with Crippen LogP contribution in [-0.2, 0) is 10.9 Å². The summed E-state index contributed by atoms with van der Waals surface area (Å²) in [6, 6.07) is 51.1. The van der Waals surface area contributed by atoms with Gasteiger partial charge in [0, 0.05) is 22.3 Å². The van der Waals surface area contributed by atoms with Crippen LogP contribution in [0.15, 0.2) is 156 Å². The third kappa shape index (κ3) is 8.73. The quantitative estimate of drug-likeness (QED) is 0.114. The second-order valence-electron chi connectivity index (χ2n) is 11.3. The molecule has 0 radical (unpaired) electrons. The van der Waals surface area contributed by atoms with E-state index in [1.807, 2.05) is 0 Å². The van der Waals surface area contributed by atoms with Crippen molar-refractivity contribution in [2.75, 3.05) is 0 Å². The maximum atomic E-state index is 5.36. The Balaban J connectivity index is 0.00000139. The number of rotatable bonds is 7. The fourth-order valence-electron chi connectivity index (χ4n) is 5.65. The summed E-state index contributed by atoms with van der Waals surface area (Å²) in [7, 11) is 1.25. The summed E-state index contributed by atoms with van der Waals surface area (Å²) in [6.07, 6.45) is 0. The van der Waals surface area contributed by atoms with Gasteiger partial charge in [0.25, 0.3) is 0 Å². The zero-order chi connectivity index (χ0) is 33.2. The van der Waals surface area contributed by atoms with Gasteiger partial charge in [-0.15, -0.1) is 0 Å². The topological polar surface area (TPSA) is 24.7 Å². The number of benzene rings is 6. The van der Waals surface area contributed by atoms with Gasteiger partial charge in [-0.1, -0.05) is 121 Å². The van der Waals surface area contributed by atoms with E-state index in [9.17, 15) is 0 Å². The normalized spacial score (nSPS) is 11.6. The molecule has 0 atom stereocenters. The first-order valence-electron chi connectivity index (χ1n) is 15.3. The van der Waals surface area contributed by atoms with E-state index in [2.05, 4.69) is 202 Å². The summed E-state index contributed by atoms with van der Waals surface area (Å²) in [6.45, 7) is 8.45. The molecule has 0 aliphatic carbocycles. The summed E-state index contributed by atoms with van der Waals surface area (Å²) < 4.78 is 0. The summed E-state index contributed by atoms with van der Waals surface area (Å²) in [5.74, 6) is 0. The van der Waals surface area contributed by atoms with Crippen molar-refractivity contribution in [3.63, 3.8) is 0 Å². The molecule has 238 valence electrons. The van der Waals surface area contributed by atoms with Crippen molar-refractivity contribution in [2.45, 2.75) is 27.7 Å². The number of nitrogens with zero attached hydrogens (tertiary/aromatic N) is 2. The summed E-state index contributed by atoms with van der Waals surface area (Å²) >= 11 is 6.00. The predicted octanol–water partition coefficient (Wildman–Crippen LogP) is 13.5. The molecule has 6 rings (SSSR count). The van der Waals surface area contributed by atoms with Gasteiger partial charge in [-0.25, -0.2) is 0 Å². The van der Waals surface area contributed by atoms with Crippen LogP contribution in [0.2, 0.25) is 0 Å². The predicted molar refractivity (Wildman–Crippen MR) is 207 cm³/mol. The van der Waals surface area contributed by atoms with E-state index in [1.54, 1.807) is 0 Å². The Hall–Kier alpha value is -3.89. The van der Waals surface area contributed by atoms with Gasteiger partial charge in [0.15, 0.2) is 0 Å². The van der Waals surface area contributed by atoms with Crippen molar-refractivity contribution in [3.05, 3.63) is 157 Å². The second kappa shape index (κ2) is 16.8. The number of halogens is 2. The van der Waals surface area contributed by atoms with E-state index in [0.29, 0.717) is 0 Å². The van der Waals surface area contributed by atoms with Crippen LogP contribution in [0, 0.1) is 13.8 Å². The third-order valence-electron chi connectivity index (χ3n) is 7.93. The molecular weight excluding hydrogens is 751 g/mol. The van der Waals surface area contributed by atoms with Gasteiger partial charge in [-0.2, -0.15) is 0 Å². The molecule has 47 heavy (non-hydrogen) atoms. The van der Waals surface area contributed by atoms with Gasteiger partial charge in [0.2, 0.25) is 0 Å². The Labute approximate surface area is 299 Å². The number of hydrogen-bond donors (Lipinski definition) is 0. The molecule has 0 aliphatic rings. The van der Waals surface area contributed by atoms with E-state index < -0.39 is 0 Å².